The molecule has 0 aliphatic heterocycles. The Morgan fingerprint density at radius 2 is 1.55 bits per heavy atom. The molecule has 2 rings (SSSR count). The van der Waals surface area contributed by atoms with E-state index in [-0.39, 0.29) is 32.3 Å². The summed E-state index contributed by atoms with van der Waals surface area (Å²) >= 11 is 23.5. The van der Waals surface area contributed by atoms with Crippen LogP contribution in [0.3, 0.4) is 0 Å². The number of ether oxygens (including phenoxy) is 1. The normalized spacial score (nSPS) is 10.4. The molecule has 0 N–H and O–H groups in total. The molecule has 0 atom stereocenters. The van der Waals surface area contributed by atoms with Gasteiger partial charge in [0.2, 0.25) is 0 Å². The smallest absolute Gasteiger partial charge is 0.288 e. The lowest BCUT2D eigenvalue weighted by molar-refractivity contribution is -0.384. The van der Waals surface area contributed by atoms with Gasteiger partial charge in [-0.1, -0.05) is 46.4 Å². The van der Waals surface area contributed by atoms with Crippen molar-refractivity contribution in [3.8, 4) is 11.5 Å². The van der Waals surface area contributed by atoms with Crippen LogP contribution in [-0.4, -0.2) is 4.92 Å². The van der Waals surface area contributed by atoms with E-state index in [0.29, 0.717) is 5.02 Å². The largest absolute Gasteiger partial charge is 0.454 e. The van der Waals surface area contributed by atoms with Gasteiger partial charge in [0.05, 0.1) is 15.0 Å². The zero-order valence-corrected chi connectivity index (χ0v) is 12.6. The average molecular weight is 353 g/mol. The van der Waals surface area contributed by atoms with Gasteiger partial charge in [0.1, 0.15) is 10.8 Å². The maximum Gasteiger partial charge on any atom is 0.288 e. The fraction of sp³-hybridized carbons (Fsp3) is 0. The van der Waals surface area contributed by atoms with Crippen LogP contribution >= 0.6 is 46.4 Å². The molecule has 0 aliphatic carbocycles. The van der Waals surface area contributed by atoms with Gasteiger partial charge in [0.15, 0.2) is 5.75 Å². The number of nitro groups is 1. The van der Waals surface area contributed by atoms with Gasteiger partial charge in [-0.3, -0.25) is 10.1 Å². The Morgan fingerprint density at radius 1 is 0.950 bits per heavy atom. The molecular formula is C12H5Cl4NO3. The van der Waals surface area contributed by atoms with Gasteiger partial charge in [-0.25, -0.2) is 0 Å². The minimum atomic E-state index is -0.589. The van der Waals surface area contributed by atoms with Crippen molar-refractivity contribution >= 4 is 52.1 Å². The number of nitrogens with zero attached hydrogens (tertiary/aromatic N) is 1. The third-order valence-electron chi connectivity index (χ3n) is 2.30. The van der Waals surface area contributed by atoms with E-state index < -0.39 is 4.92 Å². The molecule has 0 aliphatic rings. The predicted molar refractivity (Wildman–Crippen MR) is 79.7 cm³/mol. The Morgan fingerprint density at radius 3 is 2.05 bits per heavy atom. The summed E-state index contributed by atoms with van der Waals surface area (Å²) in [5.74, 6) is 0.467. The predicted octanol–water partition coefficient (Wildman–Crippen LogP) is 6.00. The van der Waals surface area contributed by atoms with Crippen LogP contribution in [0.5, 0.6) is 11.5 Å². The van der Waals surface area contributed by atoms with E-state index in [2.05, 4.69) is 0 Å². The summed E-state index contributed by atoms with van der Waals surface area (Å²) in [5, 5.41) is 11.4. The van der Waals surface area contributed by atoms with E-state index in [4.69, 9.17) is 51.1 Å². The molecule has 0 amide bonds. The summed E-state index contributed by atoms with van der Waals surface area (Å²) in [6.07, 6.45) is 0. The number of benzene rings is 2. The molecule has 0 unspecified atom stereocenters. The summed E-state index contributed by atoms with van der Waals surface area (Å²) < 4.78 is 5.48. The van der Waals surface area contributed by atoms with Crippen molar-refractivity contribution in [3.63, 3.8) is 0 Å². The average Bonchev–Trinajstić information content (AvgIpc) is 2.33. The highest BCUT2D eigenvalue weighted by molar-refractivity contribution is 6.40. The first-order valence-corrected chi connectivity index (χ1v) is 6.66. The van der Waals surface area contributed by atoms with Crippen molar-refractivity contribution in [2.75, 3.05) is 0 Å². The van der Waals surface area contributed by atoms with Gasteiger partial charge in [0.25, 0.3) is 5.69 Å². The van der Waals surface area contributed by atoms with Crippen molar-refractivity contribution in [2.24, 2.45) is 0 Å². The minimum Gasteiger partial charge on any atom is -0.454 e. The monoisotopic (exact) mass is 351 g/mol. The second kappa shape index (κ2) is 6.06. The van der Waals surface area contributed by atoms with Gasteiger partial charge >= 0.3 is 0 Å². The summed E-state index contributed by atoms with van der Waals surface area (Å²) in [4.78, 5) is 10.1. The molecule has 0 heterocycles. The molecule has 8 heteroatoms. The van der Waals surface area contributed by atoms with Crippen molar-refractivity contribution < 1.29 is 9.66 Å². The number of hydrogen-bond donors (Lipinski definition) is 0. The highest BCUT2D eigenvalue weighted by atomic mass is 35.5. The SMILES string of the molecule is O=[N+]([O-])c1ccc(Oc2c(Cl)cc(Cl)cc2Cl)cc1Cl. The first-order chi connectivity index (χ1) is 9.38. The van der Waals surface area contributed by atoms with E-state index in [0.717, 1.165) is 0 Å². The third-order valence-corrected chi connectivity index (χ3v) is 3.38. The molecule has 20 heavy (non-hydrogen) atoms. The van der Waals surface area contributed by atoms with Crippen LogP contribution in [0.1, 0.15) is 0 Å². The summed E-state index contributed by atoms with van der Waals surface area (Å²) in [5.41, 5.74) is -0.215. The highest BCUT2D eigenvalue weighted by Crippen LogP contribution is 2.39. The lowest BCUT2D eigenvalue weighted by atomic mass is 10.3. The Labute approximate surface area is 133 Å². The van der Waals surface area contributed by atoms with Crippen LogP contribution in [0.25, 0.3) is 0 Å². The quantitative estimate of drug-likeness (QED) is 0.502. The molecule has 0 aromatic heterocycles. The van der Waals surface area contributed by atoms with Crippen LogP contribution in [0, 0.1) is 10.1 Å². The van der Waals surface area contributed by atoms with Gasteiger partial charge in [-0.05, 0) is 18.2 Å². The van der Waals surface area contributed by atoms with Gasteiger partial charge in [0, 0.05) is 17.2 Å². The molecule has 0 spiro atoms. The van der Waals surface area contributed by atoms with Crippen LogP contribution in [-0.2, 0) is 0 Å². The van der Waals surface area contributed by atoms with Gasteiger partial charge in [-0.15, -0.1) is 0 Å². The van der Waals surface area contributed by atoms with Crippen molar-refractivity contribution in [3.05, 3.63) is 60.5 Å². The number of rotatable bonds is 3. The number of hydrogen-bond acceptors (Lipinski definition) is 3. The molecule has 0 bridgehead atoms. The zero-order valence-electron chi connectivity index (χ0n) is 9.57. The molecule has 2 aromatic rings. The Kier molecular flexibility index (Phi) is 4.60. The van der Waals surface area contributed by atoms with E-state index in [9.17, 15) is 10.1 Å². The summed E-state index contributed by atoms with van der Waals surface area (Å²) in [6, 6.07) is 6.87. The molecule has 4 nitrogen and oxygen atoms in total. The molecular weight excluding hydrogens is 348 g/mol. The third kappa shape index (κ3) is 3.27. The lowest BCUT2D eigenvalue weighted by Crippen LogP contribution is -1.91. The summed E-state index contributed by atoms with van der Waals surface area (Å²) in [7, 11) is 0. The lowest BCUT2D eigenvalue weighted by Gasteiger charge is -2.10. The van der Waals surface area contributed by atoms with E-state index >= 15 is 0 Å². The van der Waals surface area contributed by atoms with Crippen molar-refractivity contribution in [1.29, 1.82) is 0 Å². The van der Waals surface area contributed by atoms with E-state index in [1.807, 2.05) is 0 Å². The topological polar surface area (TPSA) is 52.4 Å². The fourth-order valence-corrected chi connectivity index (χ4v) is 2.58. The Balaban J connectivity index is 2.36. The van der Waals surface area contributed by atoms with Crippen molar-refractivity contribution in [1.82, 2.24) is 0 Å². The second-order valence-electron chi connectivity index (χ2n) is 3.67. The highest BCUT2D eigenvalue weighted by Gasteiger charge is 2.15. The van der Waals surface area contributed by atoms with E-state index in [1.165, 1.54) is 30.3 Å². The van der Waals surface area contributed by atoms with Crippen LogP contribution in [0.2, 0.25) is 20.1 Å². The standard InChI is InChI=1S/C12H5Cl4NO3/c13-6-3-9(15)12(10(16)4-6)20-7-1-2-11(17(18)19)8(14)5-7/h1-5H. The summed E-state index contributed by atoms with van der Waals surface area (Å²) in [6.45, 7) is 0. The van der Waals surface area contributed by atoms with Gasteiger partial charge in [-0.2, -0.15) is 0 Å². The van der Waals surface area contributed by atoms with Crippen LogP contribution in [0.15, 0.2) is 30.3 Å². The first-order valence-electron chi connectivity index (χ1n) is 5.15. The maximum atomic E-state index is 10.7. The zero-order chi connectivity index (χ0) is 14.9. The number of halogens is 4. The number of nitro benzene ring substituents is 1. The Bertz CT molecular complexity index is 667. The van der Waals surface area contributed by atoms with E-state index in [1.54, 1.807) is 0 Å². The molecule has 2 aromatic carbocycles. The van der Waals surface area contributed by atoms with Crippen LogP contribution < -0.4 is 4.74 Å². The molecule has 0 saturated carbocycles. The Hall–Kier alpha value is -1.20. The minimum absolute atomic E-state index is 0.0475. The molecule has 104 valence electrons. The second-order valence-corrected chi connectivity index (χ2v) is 5.33. The van der Waals surface area contributed by atoms with Crippen molar-refractivity contribution in [2.45, 2.75) is 0 Å². The molecule has 0 radical (unpaired) electrons. The maximum absolute atomic E-state index is 10.7. The first kappa shape index (κ1) is 15.2. The molecule has 0 fully saturated rings. The molecule has 0 saturated heterocycles. The van der Waals surface area contributed by atoms with Gasteiger partial charge < -0.3 is 4.74 Å². The van der Waals surface area contributed by atoms with Crippen LogP contribution in [0.4, 0.5) is 5.69 Å². The fourth-order valence-electron chi connectivity index (χ4n) is 1.44.